The van der Waals surface area contributed by atoms with Gasteiger partial charge in [0, 0.05) is 6.61 Å². The summed E-state index contributed by atoms with van der Waals surface area (Å²) in [5, 5.41) is 0. The minimum Gasteiger partial charge on any atom is -0.653 e. The summed E-state index contributed by atoms with van der Waals surface area (Å²) < 4.78 is 8.90. The first-order chi connectivity index (χ1) is 11.1. The minimum absolute atomic E-state index is 0. The summed E-state index contributed by atoms with van der Waals surface area (Å²) in [5.41, 5.74) is 1.28. The molecule has 1 fully saturated rings. The van der Waals surface area contributed by atoms with E-state index in [0.717, 1.165) is 25.7 Å². The molecule has 0 N–H and O–H groups in total. The quantitative estimate of drug-likeness (QED) is 0.217. The van der Waals surface area contributed by atoms with Gasteiger partial charge in [-0.1, -0.05) is 65.4 Å². The zero-order valence-corrected chi connectivity index (χ0v) is 19.8. The molecule has 1 rings (SSSR count). The van der Waals surface area contributed by atoms with Crippen LogP contribution in [-0.2, 0) is 19.1 Å². The van der Waals surface area contributed by atoms with Gasteiger partial charge in [-0.15, -0.1) is 0 Å². The van der Waals surface area contributed by atoms with Gasteiger partial charge in [-0.3, -0.25) is 4.79 Å². The molecule has 136 valence electrons. The Morgan fingerprint density at radius 1 is 1.29 bits per heavy atom. The van der Waals surface area contributed by atoms with Crippen LogP contribution in [0, 0.1) is 6.42 Å². The Balaban J connectivity index is -0.000000152. The fourth-order valence-electron chi connectivity index (χ4n) is 1.46. The second-order valence-corrected chi connectivity index (χ2v) is 4.12. The normalized spacial score (nSPS) is 14.0. The standard InChI is InChI=1S/C11H17O2.C4H5O2.2C2H6.K/c1-3-11(4-2)8-6-5-7-9-13-10-12;1-3-2-4(5)6-3;2*1-2;/h3-4H,1,5-9H2,2H3;2-3H,1H3;2*1-2H3;/q2*-1;;;+1/b11-4+;;;;. The van der Waals surface area contributed by atoms with Gasteiger partial charge in [0.25, 0.3) is 0 Å². The van der Waals surface area contributed by atoms with Crippen LogP contribution in [0.3, 0.4) is 0 Å². The van der Waals surface area contributed by atoms with Gasteiger partial charge in [0.1, 0.15) is 0 Å². The summed E-state index contributed by atoms with van der Waals surface area (Å²) in [6.45, 7) is 17.5. The zero-order chi connectivity index (χ0) is 18.5. The number of rotatable bonds is 8. The molecule has 0 bridgehead atoms. The molecule has 5 heteroatoms. The van der Waals surface area contributed by atoms with Gasteiger partial charge in [0.05, 0.1) is 0 Å². The van der Waals surface area contributed by atoms with Crippen molar-refractivity contribution >= 4 is 12.4 Å². The monoisotopic (exact) mass is 365 g/mol. The maximum absolute atomic E-state index is 9.83. The van der Waals surface area contributed by atoms with Crippen LogP contribution in [0.25, 0.3) is 0 Å². The smallest absolute Gasteiger partial charge is 0.653 e. The predicted molar refractivity (Wildman–Crippen MR) is 96.6 cm³/mol. The first kappa shape index (κ1) is 31.7. The first-order valence-electron chi connectivity index (χ1n) is 8.46. The van der Waals surface area contributed by atoms with E-state index in [1.165, 1.54) is 18.5 Å². The fourth-order valence-corrected chi connectivity index (χ4v) is 1.46. The zero-order valence-electron chi connectivity index (χ0n) is 16.7. The molecule has 0 amide bonds. The Morgan fingerprint density at radius 2 is 1.83 bits per heavy atom. The summed E-state index contributed by atoms with van der Waals surface area (Å²) in [7, 11) is 0. The number of allylic oxidation sites excluding steroid dienone is 3. The minimum atomic E-state index is -0.192. The number of hydrogen-bond donors (Lipinski definition) is 0. The molecule has 1 aliphatic rings. The molecule has 1 heterocycles. The number of carbonyl (C=O) groups is 1. The van der Waals surface area contributed by atoms with Crippen LogP contribution in [0.1, 0.15) is 67.2 Å². The van der Waals surface area contributed by atoms with E-state index in [4.69, 9.17) is 0 Å². The topological polar surface area (TPSA) is 52.6 Å². The molecule has 1 atom stereocenters. The molecule has 0 saturated carbocycles. The predicted octanol–water partition coefficient (Wildman–Crippen LogP) is 1.96. The number of esters is 1. The second kappa shape index (κ2) is 27.8. The second-order valence-electron chi connectivity index (χ2n) is 4.12. The largest absolute Gasteiger partial charge is 1.00 e. The van der Waals surface area contributed by atoms with Crippen molar-refractivity contribution in [2.24, 2.45) is 0 Å². The molecule has 1 unspecified atom stereocenters. The van der Waals surface area contributed by atoms with Crippen molar-refractivity contribution in [3.05, 3.63) is 30.7 Å². The molecule has 0 aromatic heterocycles. The number of cyclic esters (lactones) is 1. The van der Waals surface area contributed by atoms with Gasteiger partial charge in [-0.25, -0.2) is 6.42 Å². The fraction of sp³-hybridized carbons (Fsp3) is 0.632. The van der Waals surface area contributed by atoms with Gasteiger partial charge >= 0.3 is 51.4 Å². The van der Waals surface area contributed by atoms with Crippen molar-refractivity contribution < 1.29 is 70.4 Å². The van der Waals surface area contributed by atoms with Crippen molar-refractivity contribution in [3.63, 3.8) is 0 Å². The summed E-state index contributed by atoms with van der Waals surface area (Å²) in [5.74, 6) is -0.192. The maximum atomic E-state index is 9.83. The Morgan fingerprint density at radius 3 is 2.12 bits per heavy atom. The molecule has 4 nitrogen and oxygen atoms in total. The molecule has 0 aromatic carbocycles. The maximum Gasteiger partial charge on any atom is 1.00 e. The Kier molecular flexibility index (Phi) is 36.6. The van der Waals surface area contributed by atoms with Gasteiger partial charge in [0.2, 0.25) is 0 Å². The average Bonchev–Trinajstić information content (AvgIpc) is 2.58. The van der Waals surface area contributed by atoms with E-state index < -0.39 is 0 Å². The summed E-state index contributed by atoms with van der Waals surface area (Å²) in [6.07, 6.45) is 9.73. The number of ether oxygens (including phenoxy) is 2. The number of hydrogen-bond acceptors (Lipinski definition) is 4. The van der Waals surface area contributed by atoms with Crippen LogP contribution < -0.4 is 51.4 Å². The van der Waals surface area contributed by atoms with Crippen LogP contribution in [0.4, 0.5) is 0 Å². The van der Waals surface area contributed by atoms with Crippen molar-refractivity contribution in [3.8, 4) is 0 Å². The van der Waals surface area contributed by atoms with Crippen molar-refractivity contribution in [1.29, 1.82) is 0 Å². The van der Waals surface area contributed by atoms with Crippen LogP contribution in [0.5, 0.6) is 0 Å². The van der Waals surface area contributed by atoms with Crippen LogP contribution in [0.15, 0.2) is 24.3 Å². The van der Waals surface area contributed by atoms with Gasteiger partial charge in [-0.2, -0.15) is 0 Å². The summed E-state index contributed by atoms with van der Waals surface area (Å²) in [4.78, 5) is 19.5. The van der Waals surface area contributed by atoms with E-state index in [-0.39, 0.29) is 63.5 Å². The summed E-state index contributed by atoms with van der Waals surface area (Å²) >= 11 is 0. The number of carbonyl (C=O) groups excluding carboxylic acids is 2. The third-order valence-electron chi connectivity index (χ3n) is 2.58. The first-order valence-corrected chi connectivity index (χ1v) is 8.46. The molecule has 1 saturated heterocycles. The van der Waals surface area contributed by atoms with Gasteiger partial charge in [0.15, 0.2) is 5.97 Å². The van der Waals surface area contributed by atoms with E-state index in [2.05, 4.69) is 22.1 Å². The molecule has 24 heavy (non-hydrogen) atoms. The molecule has 1 aliphatic heterocycles. The van der Waals surface area contributed by atoms with E-state index in [1.54, 1.807) is 0 Å². The van der Waals surface area contributed by atoms with E-state index in [0.29, 0.717) is 6.61 Å². The molecular weight excluding hydrogens is 331 g/mol. The van der Waals surface area contributed by atoms with E-state index in [1.807, 2.05) is 47.6 Å². The Labute approximate surface area is 191 Å². The Bertz CT molecular complexity index is 306. The third kappa shape index (κ3) is 24.2. The van der Waals surface area contributed by atoms with Crippen molar-refractivity contribution in [2.75, 3.05) is 6.61 Å². The van der Waals surface area contributed by atoms with Crippen LogP contribution in [-0.4, -0.2) is 25.2 Å². The average molecular weight is 366 g/mol. The van der Waals surface area contributed by atoms with Gasteiger partial charge < -0.3 is 14.3 Å². The number of unbranched alkanes of at least 4 members (excludes halogenated alkanes) is 2. The van der Waals surface area contributed by atoms with E-state index in [9.17, 15) is 9.59 Å². The summed E-state index contributed by atoms with van der Waals surface area (Å²) in [6, 6.07) is 0. The van der Waals surface area contributed by atoms with Crippen molar-refractivity contribution in [1.82, 2.24) is 0 Å². The SMILES string of the molecule is C=C/C(=C\C)CCCCCO[C-]=O.CC.CC.CC1[CH-]C(=O)O1.[K+]. The molecule has 0 aliphatic carbocycles. The molecule has 0 radical (unpaired) electrons. The molecular formula is C19H34KO4-. The Hall–Kier alpha value is -0.0736. The third-order valence-corrected chi connectivity index (χ3v) is 2.58. The molecule has 0 aromatic rings. The van der Waals surface area contributed by atoms with Crippen LogP contribution in [0.2, 0.25) is 0 Å². The van der Waals surface area contributed by atoms with Crippen molar-refractivity contribution in [2.45, 2.75) is 73.3 Å². The van der Waals surface area contributed by atoms with Crippen LogP contribution >= 0.6 is 0 Å². The van der Waals surface area contributed by atoms with Gasteiger partial charge in [-0.05, 0) is 38.7 Å². The molecule has 0 spiro atoms. The van der Waals surface area contributed by atoms with E-state index >= 15 is 0 Å².